The molecule has 0 radical (unpaired) electrons. The molecule has 0 spiro atoms. The van der Waals surface area contributed by atoms with Crippen LogP contribution in [0.25, 0.3) is 0 Å². The van der Waals surface area contributed by atoms with Gasteiger partial charge in [0.15, 0.2) is 0 Å². The molecule has 0 aromatic carbocycles. The van der Waals surface area contributed by atoms with Crippen LogP contribution in [0, 0.1) is 5.41 Å². The van der Waals surface area contributed by atoms with Gasteiger partial charge in [0.2, 0.25) is 0 Å². The van der Waals surface area contributed by atoms with E-state index in [9.17, 15) is 8.42 Å². The molecule has 0 amide bonds. The van der Waals surface area contributed by atoms with Crippen LogP contribution in [0.3, 0.4) is 0 Å². The van der Waals surface area contributed by atoms with Crippen LogP contribution in [-0.2, 0) is 15.5 Å². The summed E-state index contributed by atoms with van der Waals surface area (Å²) in [6, 6.07) is 0. The van der Waals surface area contributed by atoms with Gasteiger partial charge in [-0.2, -0.15) is 0 Å². The first-order valence-corrected chi connectivity index (χ1v) is 6.35. The van der Waals surface area contributed by atoms with E-state index in [1.54, 1.807) is 0 Å². The third kappa shape index (κ3) is 3.26. The molecular formula is C7H12ClN3O2S. The van der Waals surface area contributed by atoms with Gasteiger partial charge in [0.1, 0.15) is 5.82 Å². The van der Waals surface area contributed by atoms with Crippen molar-refractivity contribution < 1.29 is 8.42 Å². The fraction of sp³-hybridized carbons (Fsp3) is 0.714. The molecule has 1 N–H and O–H groups in total. The van der Waals surface area contributed by atoms with E-state index >= 15 is 0 Å². The molecule has 0 atom stereocenters. The highest BCUT2D eigenvalue weighted by Gasteiger charge is 2.19. The molecule has 0 saturated heterocycles. The van der Waals surface area contributed by atoms with E-state index in [0.29, 0.717) is 12.2 Å². The molecule has 1 heterocycles. The van der Waals surface area contributed by atoms with Crippen molar-refractivity contribution in [3.05, 3.63) is 5.82 Å². The van der Waals surface area contributed by atoms with Gasteiger partial charge in [0, 0.05) is 17.1 Å². The predicted octanol–water partition coefficient (Wildman–Crippen LogP) is 1.32. The van der Waals surface area contributed by atoms with Crippen molar-refractivity contribution in [2.45, 2.75) is 32.3 Å². The summed E-state index contributed by atoms with van der Waals surface area (Å²) in [5.74, 6) is 0.525. The van der Waals surface area contributed by atoms with Gasteiger partial charge < -0.3 is 0 Å². The van der Waals surface area contributed by atoms with Gasteiger partial charge in [0.25, 0.3) is 14.2 Å². The van der Waals surface area contributed by atoms with E-state index < -0.39 is 9.05 Å². The predicted molar refractivity (Wildman–Crippen MR) is 52.6 cm³/mol. The van der Waals surface area contributed by atoms with Gasteiger partial charge in [0.05, 0.1) is 0 Å². The number of rotatable bonds is 2. The van der Waals surface area contributed by atoms with Crippen LogP contribution < -0.4 is 0 Å². The molecule has 1 rings (SSSR count). The summed E-state index contributed by atoms with van der Waals surface area (Å²) in [6.45, 7) is 6.05. The molecule has 0 saturated carbocycles. The van der Waals surface area contributed by atoms with Crippen LogP contribution >= 0.6 is 10.7 Å². The second-order valence-corrected chi connectivity index (χ2v) is 6.70. The standard InChI is InChI=1S/C7H12ClN3O2S/c1-7(2,3)4-5-9-6(11-10-5)14(8,12)13/h4H2,1-3H3,(H,9,10,11). The minimum atomic E-state index is -3.82. The highest BCUT2D eigenvalue weighted by molar-refractivity contribution is 8.13. The first-order valence-electron chi connectivity index (χ1n) is 4.04. The lowest BCUT2D eigenvalue weighted by molar-refractivity contribution is 0.401. The molecule has 14 heavy (non-hydrogen) atoms. The maximum Gasteiger partial charge on any atom is 0.298 e. The van der Waals surface area contributed by atoms with Crippen molar-refractivity contribution in [2.75, 3.05) is 0 Å². The molecule has 1 aromatic heterocycles. The zero-order valence-electron chi connectivity index (χ0n) is 8.20. The fourth-order valence-electron chi connectivity index (χ4n) is 0.968. The Kier molecular flexibility index (Phi) is 2.87. The van der Waals surface area contributed by atoms with Crippen LogP contribution in [0.1, 0.15) is 26.6 Å². The molecule has 5 nitrogen and oxygen atoms in total. The lowest BCUT2D eigenvalue weighted by Crippen LogP contribution is -2.10. The molecule has 80 valence electrons. The van der Waals surface area contributed by atoms with E-state index in [0.717, 1.165) is 0 Å². The van der Waals surface area contributed by atoms with Crippen molar-refractivity contribution >= 4 is 19.7 Å². The number of aromatic nitrogens is 3. The molecule has 1 aromatic rings. The van der Waals surface area contributed by atoms with Gasteiger partial charge in [-0.25, -0.2) is 13.4 Å². The summed E-state index contributed by atoms with van der Waals surface area (Å²) in [7, 11) is 1.25. The zero-order valence-corrected chi connectivity index (χ0v) is 9.78. The summed E-state index contributed by atoms with van der Waals surface area (Å²) in [4.78, 5) is 3.78. The molecule has 0 aliphatic rings. The average molecular weight is 238 g/mol. The van der Waals surface area contributed by atoms with E-state index in [1.165, 1.54) is 0 Å². The normalized spacial score (nSPS) is 13.1. The van der Waals surface area contributed by atoms with E-state index in [-0.39, 0.29) is 10.6 Å². The Balaban J connectivity index is 2.90. The van der Waals surface area contributed by atoms with Gasteiger partial charge in [-0.05, 0) is 5.41 Å². The third-order valence-electron chi connectivity index (χ3n) is 1.43. The van der Waals surface area contributed by atoms with Crippen LogP contribution in [0.2, 0.25) is 0 Å². The molecular weight excluding hydrogens is 226 g/mol. The summed E-state index contributed by atoms with van der Waals surface area (Å²) in [6.07, 6.45) is 0.617. The number of hydrogen-bond donors (Lipinski definition) is 1. The second-order valence-electron chi connectivity index (χ2n) is 4.24. The summed E-state index contributed by atoms with van der Waals surface area (Å²) >= 11 is 0. The zero-order chi connectivity index (χ0) is 11.0. The van der Waals surface area contributed by atoms with Gasteiger partial charge in [-0.15, -0.1) is 5.10 Å². The maximum absolute atomic E-state index is 10.8. The topological polar surface area (TPSA) is 75.7 Å². The first-order chi connectivity index (χ1) is 6.18. The minimum Gasteiger partial charge on any atom is -0.262 e. The fourth-order valence-corrected chi connectivity index (χ4v) is 1.55. The largest absolute Gasteiger partial charge is 0.298 e. The van der Waals surface area contributed by atoms with E-state index in [1.807, 2.05) is 20.8 Å². The van der Waals surface area contributed by atoms with E-state index in [4.69, 9.17) is 10.7 Å². The monoisotopic (exact) mass is 237 g/mol. The Hall–Kier alpha value is -0.620. The highest BCUT2D eigenvalue weighted by Crippen LogP contribution is 2.19. The van der Waals surface area contributed by atoms with Crippen LogP contribution in [0.15, 0.2) is 5.16 Å². The Bertz CT molecular complexity index is 418. The number of halogens is 1. The third-order valence-corrected chi connectivity index (χ3v) is 2.46. The SMILES string of the molecule is CC(C)(C)Cc1nc(S(=O)(=O)Cl)n[nH]1. The molecule has 0 aliphatic heterocycles. The van der Waals surface area contributed by atoms with Crippen molar-refractivity contribution in [1.82, 2.24) is 15.2 Å². The Morgan fingerprint density at radius 2 is 2.00 bits per heavy atom. The van der Waals surface area contributed by atoms with E-state index in [2.05, 4.69) is 15.2 Å². The average Bonchev–Trinajstić information content (AvgIpc) is 2.29. The summed E-state index contributed by atoms with van der Waals surface area (Å²) < 4.78 is 21.7. The highest BCUT2D eigenvalue weighted by atomic mass is 35.7. The molecule has 0 unspecified atom stereocenters. The van der Waals surface area contributed by atoms with Crippen LogP contribution in [-0.4, -0.2) is 23.6 Å². The summed E-state index contributed by atoms with van der Waals surface area (Å²) in [5.41, 5.74) is 0.0207. The number of nitrogens with one attached hydrogen (secondary N) is 1. The molecule has 0 bridgehead atoms. The number of hydrogen-bond acceptors (Lipinski definition) is 4. The Labute approximate surface area is 87.3 Å². The lowest BCUT2D eigenvalue weighted by Gasteiger charge is -2.14. The quantitative estimate of drug-likeness (QED) is 0.788. The van der Waals surface area contributed by atoms with Gasteiger partial charge in [-0.3, -0.25) is 5.10 Å². The van der Waals surface area contributed by atoms with Crippen LogP contribution in [0.5, 0.6) is 0 Å². The minimum absolute atomic E-state index is 0.0207. The smallest absolute Gasteiger partial charge is 0.262 e. The molecule has 0 aliphatic carbocycles. The summed E-state index contributed by atoms with van der Waals surface area (Å²) in [5, 5.41) is 5.70. The van der Waals surface area contributed by atoms with Crippen molar-refractivity contribution in [3.8, 4) is 0 Å². The maximum atomic E-state index is 10.8. The Morgan fingerprint density at radius 3 is 2.36 bits per heavy atom. The number of nitrogens with zero attached hydrogens (tertiary/aromatic N) is 2. The van der Waals surface area contributed by atoms with Crippen molar-refractivity contribution in [3.63, 3.8) is 0 Å². The van der Waals surface area contributed by atoms with Crippen molar-refractivity contribution in [2.24, 2.45) is 5.41 Å². The molecule has 7 heteroatoms. The van der Waals surface area contributed by atoms with Gasteiger partial charge in [-0.1, -0.05) is 20.8 Å². The number of aromatic amines is 1. The lowest BCUT2D eigenvalue weighted by atomic mass is 9.92. The molecule has 0 fully saturated rings. The number of H-pyrrole nitrogens is 1. The second kappa shape index (κ2) is 3.51. The van der Waals surface area contributed by atoms with Crippen molar-refractivity contribution in [1.29, 1.82) is 0 Å². The first kappa shape index (κ1) is 11.5. The Morgan fingerprint density at radius 1 is 1.43 bits per heavy atom. The van der Waals surface area contributed by atoms with Crippen LogP contribution in [0.4, 0.5) is 0 Å². The van der Waals surface area contributed by atoms with Gasteiger partial charge >= 0.3 is 0 Å².